The Labute approximate surface area is 147 Å². The van der Waals surface area contributed by atoms with E-state index in [1.54, 1.807) is 0 Å². The summed E-state index contributed by atoms with van der Waals surface area (Å²) in [5.74, 6) is -0.839. The van der Waals surface area contributed by atoms with Gasteiger partial charge in [0.1, 0.15) is 5.75 Å². The molecule has 23 heavy (non-hydrogen) atoms. The average molecular weight is 451 g/mol. The maximum Gasteiger partial charge on any atom is 0.422 e. The van der Waals surface area contributed by atoms with Crippen molar-refractivity contribution in [3.05, 3.63) is 38.8 Å². The van der Waals surface area contributed by atoms with Gasteiger partial charge in [-0.1, -0.05) is 29.0 Å². The average Bonchev–Trinajstić information content (AvgIpc) is 2.86. The molecule has 0 aliphatic heterocycles. The summed E-state index contributed by atoms with van der Waals surface area (Å²) in [5.41, 5.74) is -0.0373. The molecule has 1 heterocycles. The first-order valence-electron chi connectivity index (χ1n) is 5.89. The third-order valence-electron chi connectivity index (χ3n) is 2.52. The van der Waals surface area contributed by atoms with Crippen LogP contribution in [0.3, 0.4) is 0 Å². The molecule has 2 rings (SSSR count). The van der Waals surface area contributed by atoms with Crippen LogP contribution in [0.2, 0.25) is 5.02 Å². The van der Waals surface area contributed by atoms with E-state index in [0.29, 0.717) is 3.79 Å². The van der Waals surface area contributed by atoms with Gasteiger partial charge in [-0.3, -0.25) is 0 Å². The SMILES string of the molecule is O=S(=O)(Cc1c(Cl)cccc1OCC(F)(F)F)c1ncc(Br)s1. The Balaban J connectivity index is 2.32. The summed E-state index contributed by atoms with van der Waals surface area (Å²) in [7, 11) is -3.86. The molecule has 126 valence electrons. The fourth-order valence-electron chi connectivity index (χ4n) is 1.61. The summed E-state index contributed by atoms with van der Waals surface area (Å²) < 4.78 is 66.5. The second-order valence-electron chi connectivity index (χ2n) is 4.31. The highest BCUT2D eigenvalue weighted by molar-refractivity contribution is 9.11. The molecule has 2 aromatic rings. The van der Waals surface area contributed by atoms with E-state index in [1.165, 1.54) is 24.4 Å². The normalized spacial score (nSPS) is 12.4. The molecule has 11 heteroatoms. The largest absolute Gasteiger partial charge is 0.484 e. The molecular weight excluding hydrogens is 443 g/mol. The number of thiazole rings is 1. The Kier molecular flexibility index (Phi) is 5.59. The number of nitrogens with zero attached hydrogens (tertiary/aromatic N) is 1. The van der Waals surface area contributed by atoms with Gasteiger partial charge in [-0.15, -0.1) is 0 Å². The number of halogens is 5. The zero-order chi connectivity index (χ0) is 17.3. The number of hydrogen-bond acceptors (Lipinski definition) is 5. The van der Waals surface area contributed by atoms with Gasteiger partial charge in [-0.2, -0.15) is 13.2 Å². The smallest absolute Gasteiger partial charge is 0.422 e. The Morgan fingerprint density at radius 2 is 2.04 bits per heavy atom. The molecule has 0 saturated carbocycles. The molecular formula is C12H8BrClF3NO3S2. The van der Waals surface area contributed by atoms with Crippen molar-refractivity contribution >= 4 is 48.7 Å². The number of sulfone groups is 1. The van der Waals surface area contributed by atoms with E-state index in [1.807, 2.05) is 0 Å². The van der Waals surface area contributed by atoms with Gasteiger partial charge in [-0.25, -0.2) is 13.4 Å². The summed E-state index contributed by atoms with van der Waals surface area (Å²) in [5, 5.41) is 0.00358. The van der Waals surface area contributed by atoms with E-state index >= 15 is 0 Å². The van der Waals surface area contributed by atoms with Gasteiger partial charge in [0.25, 0.3) is 0 Å². The lowest BCUT2D eigenvalue weighted by Gasteiger charge is -2.14. The van der Waals surface area contributed by atoms with Crippen LogP contribution in [0.25, 0.3) is 0 Å². The third-order valence-corrected chi connectivity index (χ3v) is 6.47. The lowest BCUT2D eigenvalue weighted by molar-refractivity contribution is -0.153. The van der Waals surface area contributed by atoms with Crippen molar-refractivity contribution < 1.29 is 26.3 Å². The minimum atomic E-state index is -4.54. The standard InChI is InChI=1S/C12H8BrClF3NO3S2/c13-10-4-18-11(22-10)23(19,20)5-7-8(14)2-1-3-9(7)21-6-12(15,16)17/h1-4H,5-6H2. The van der Waals surface area contributed by atoms with E-state index in [4.69, 9.17) is 11.6 Å². The Hall–Kier alpha value is -0.840. The maximum atomic E-state index is 12.3. The first-order chi connectivity index (χ1) is 10.6. The number of aromatic nitrogens is 1. The Bertz CT molecular complexity index is 808. The molecule has 0 bridgehead atoms. The minimum Gasteiger partial charge on any atom is -0.484 e. The number of rotatable bonds is 5. The minimum absolute atomic E-state index is 0.00358. The molecule has 0 radical (unpaired) electrons. The second-order valence-corrected chi connectivity index (χ2v) is 9.29. The predicted molar refractivity (Wildman–Crippen MR) is 83.7 cm³/mol. The molecule has 0 aliphatic rings. The monoisotopic (exact) mass is 449 g/mol. The van der Waals surface area contributed by atoms with Crippen LogP contribution < -0.4 is 4.74 Å². The van der Waals surface area contributed by atoms with Gasteiger partial charge in [-0.05, 0) is 28.1 Å². The molecule has 1 aromatic heterocycles. The van der Waals surface area contributed by atoms with Crippen LogP contribution in [0.1, 0.15) is 5.56 Å². The molecule has 0 spiro atoms. The van der Waals surface area contributed by atoms with Crippen molar-refractivity contribution in [2.24, 2.45) is 0 Å². The molecule has 0 amide bonds. The Morgan fingerprint density at radius 1 is 1.35 bits per heavy atom. The van der Waals surface area contributed by atoms with Crippen LogP contribution in [0.5, 0.6) is 5.75 Å². The summed E-state index contributed by atoms with van der Waals surface area (Å²) in [6, 6.07) is 4.00. The zero-order valence-corrected chi connectivity index (χ0v) is 15.1. The highest BCUT2D eigenvalue weighted by atomic mass is 79.9. The molecule has 0 unspecified atom stereocenters. The molecule has 0 aliphatic carbocycles. The highest BCUT2D eigenvalue weighted by Crippen LogP contribution is 2.33. The lowest BCUT2D eigenvalue weighted by atomic mass is 10.2. The number of benzene rings is 1. The third kappa shape index (κ3) is 5.07. The zero-order valence-electron chi connectivity index (χ0n) is 11.1. The van der Waals surface area contributed by atoms with Crippen LogP contribution in [-0.2, 0) is 15.6 Å². The fraction of sp³-hybridized carbons (Fsp3) is 0.250. The van der Waals surface area contributed by atoms with Crippen LogP contribution in [0, 0.1) is 0 Å². The van der Waals surface area contributed by atoms with E-state index in [9.17, 15) is 21.6 Å². The van der Waals surface area contributed by atoms with Crippen LogP contribution in [0.15, 0.2) is 32.5 Å². The first-order valence-corrected chi connectivity index (χ1v) is 9.53. The van der Waals surface area contributed by atoms with Gasteiger partial charge >= 0.3 is 6.18 Å². The second kappa shape index (κ2) is 6.96. The molecule has 0 atom stereocenters. The number of hydrogen-bond donors (Lipinski definition) is 0. The first kappa shape index (κ1) is 18.5. The van der Waals surface area contributed by atoms with Crippen LogP contribution in [-0.4, -0.2) is 26.2 Å². The molecule has 0 saturated heterocycles. The van der Waals surface area contributed by atoms with Gasteiger partial charge in [0, 0.05) is 10.6 Å². The highest BCUT2D eigenvalue weighted by Gasteiger charge is 2.30. The Morgan fingerprint density at radius 3 is 2.61 bits per heavy atom. The van der Waals surface area contributed by atoms with Crippen molar-refractivity contribution in [1.29, 1.82) is 0 Å². The molecule has 0 N–H and O–H groups in total. The van der Waals surface area contributed by atoms with Gasteiger partial charge in [0.15, 0.2) is 6.61 Å². The summed E-state index contributed by atoms with van der Waals surface area (Å²) >= 11 is 9.92. The molecule has 0 fully saturated rings. The van der Waals surface area contributed by atoms with Gasteiger partial charge in [0.2, 0.25) is 14.2 Å². The van der Waals surface area contributed by atoms with Crippen molar-refractivity contribution in [3.63, 3.8) is 0 Å². The maximum absolute atomic E-state index is 12.3. The van der Waals surface area contributed by atoms with Crippen LogP contribution >= 0.6 is 38.9 Å². The van der Waals surface area contributed by atoms with E-state index in [-0.39, 0.29) is 20.7 Å². The van der Waals surface area contributed by atoms with E-state index in [0.717, 1.165) is 11.3 Å². The van der Waals surface area contributed by atoms with Crippen molar-refractivity contribution in [3.8, 4) is 5.75 Å². The summed E-state index contributed by atoms with van der Waals surface area (Å²) in [6.07, 6.45) is -3.22. The number of ether oxygens (including phenoxy) is 1. The quantitative estimate of drug-likeness (QED) is 0.674. The van der Waals surface area contributed by atoms with Gasteiger partial charge < -0.3 is 4.74 Å². The van der Waals surface area contributed by atoms with Crippen LogP contribution in [0.4, 0.5) is 13.2 Å². The topological polar surface area (TPSA) is 56.3 Å². The van der Waals surface area contributed by atoms with E-state index < -0.39 is 28.4 Å². The number of alkyl halides is 3. The summed E-state index contributed by atoms with van der Waals surface area (Å²) in [6.45, 7) is -1.54. The van der Waals surface area contributed by atoms with Gasteiger partial charge in [0.05, 0.1) is 15.7 Å². The van der Waals surface area contributed by atoms with Crippen molar-refractivity contribution in [1.82, 2.24) is 4.98 Å². The van der Waals surface area contributed by atoms with Crippen molar-refractivity contribution in [2.75, 3.05) is 6.61 Å². The summed E-state index contributed by atoms with van der Waals surface area (Å²) in [4.78, 5) is 3.75. The van der Waals surface area contributed by atoms with E-state index in [2.05, 4.69) is 25.7 Å². The predicted octanol–water partition coefficient (Wildman–Crippen LogP) is 4.47. The fourth-order valence-corrected chi connectivity index (χ4v) is 5.15. The molecule has 4 nitrogen and oxygen atoms in total. The van der Waals surface area contributed by atoms with Crippen molar-refractivity contribution in [2.45, 2.75) is 16.3 Å². The lowest BCUT2D eigenvalue weighted by Crippen LogP contribution is -2.20. The molecule has 1 aromatic carbocycles.